The second-order valence-electron chi connectivity index (χ2n) is 2.32. The van der Waals surface area contributed by atoms with Gasteiger partial charge in [0, 0.05) is 6.61 Å². The molecule has 0 N–H and O–H groups in total. The summed E-state index contributed by atoms with van der Waals surface area (Å²) in [6.07, 6.45) is -0.944. The van der Waals surface area contributed by atoms with Gasteiger partial charge in [-0.15, -0.1) is 0 Å². The van der Waals surface area contributed by atoms with Crippen molar-refractivity contribution in [1.82, 2.24) is 0 Å². The standard InChI is InChI=1S/C8H16O4/c1-5-11-7(3)12-6(2)8(9)10-4/h6-7H,5H2,1-4H3. The molecule has 2 unspecified atom stereocenters. The number of carbonyl (C=O) groups is 1. The predicted molar refractivity (Wildman–Crippen MR) is 43.7 cm³/mol. The molecular formula is C8H16O4. The molecular weight excluding hydrogens is 160 g/mol. The Hall–Kier alpha value is -0.610. The van der Waals surface area contributed by atoms with E-state index in [1.54, 1.807) is 13.8 Å². The first-order chi connectivity index (χ1) is 5.61. The van der Waals surface area contributed by atoms with E-state index in [2.05, 4.69) is 4.74 Å². The van der Waals surface area contributed by atoms with Gasteiger partial charge in [0.25, 0.3) is 0 Å². The fourth-order valence-electron chi connectivity index (χ4n) is 0.783. The van der Waals surface area contributed by atoms with Gasteiger partial charge in [-0.1, -0.05) is 0 Å². The van der Waals surface area contributed by atoms with Gasteiger partial charge in [0.15, 0.2) is 12.4 Å². The SMILES string of the molecule is CCOC(C)OC(C)C(=O)OC. The van der Waals surface area contributed by atoms with Crippen LogP contribution in [0.4, 0.5) is 0 Å². The lowest BCUT2D eigenvalue weighted by Crippen LogP contribution is -2.27. The average Bonchev–Trinajstić information content (AvgIpc) is 2.03. The third kappa shape index (κ3) is 4.31. The molecule has 72 valence electrons. The van der Waals surface area contributed by atoms with Gasteiger partial charge in [-0.05, 0) is 20.8 Å². The van der Waals surface area contributed by atoms with E-state index in [0.29, 0.717) is 6.61 Å². The molecule has 0 aliphatic heterocycles. The summed E-state index contributed by atoms with van der Waals surface area (Å²) in [5.74, 6) is -0.387. The average molecular weight is 176 g/mol. The van der Waals surface area contributed by atoms with Crippen molar-refractivity contribution in [2.45, 2.75) is 33.2 Å². The van der Waals surface area contributed by atoms with E-state index in [-0.39, 0.29) is 12.3 Å². The highest BCUT2D eigenvalue weighted by molar-refractivity contribution is 5.73. The van der Waals surface area contributed by atoms with Crippen LogP contribution in [0.25, 0.3) is 0 Å². The summed E-state index contributed by atoms with van der Waals surface area (Å²) in [4.78, 5) is 10.8. The zero-order valence-corrected chi connectivity index (χ0v) is 7.99. The normalized spacial score (nSPS) is 15.3. The monoisotopic (exact) mass is 176 g/mol. The molecule has 4 heteroatoms. The van der Waals surface area contributed by atoms with Crippen LogP contribution in [0.3, 0.4) is 0 Å². The van der Waals surface area contributed by atoms with Crippen LogP contribution in [0.2, 0.25) is 0 Å². The summed E-state index contributed by atoms with van der Waals surface area (Å²) >= 11 is 0. The maximum Gasteiger partial charge on any atom is 0.334 e. The topological polar surface area (TPSA) is 44.8 Å². The Morgan fingerprint density at radius 3 is 2.42 bits per heavy atom. The second-order valence-corrected chi connectivity index (χ2v) is 2.32. The lowest BCUT2D eigenvalue weighted by Gasteiger charge is -2.16. The van der Waals surface area contributed by atoms with E-state index >= 15 is 0 Å². The van der Waals surface area contributed by atoms with Crippen LogP contribution in [0.5, 0.6) is 0 Å². The largest absolute Gasteiger partial charge is 0.467 e. The van der Waals surface area contributed by atoms with Crippen LogP contribution in [0, 0.1) is 0 Å². The summed E-state index contributed by atoms with van der Waals surface area (Å²) in [6.45, 7) is 5.79. The van der Waals surface area contributed by atoms with Crippen LogP contribution in [0.15, 0.2) is 0 Å². The highest BCUT2D eigenvalue weighted by Crippen LogP contribution is 2.00. The van der Waals surface area contributed by atoms with Gasteiger partial charge in [0.05, 0.1) is 7.11 Å². The first-order valence-corrected chi connectivity index (χ1v) is 3.96. The van der Waals surface area contributed by atoms with Gasteiger partial charge in [-0.2, -0.15) is 0 Å². The molecule has 2 atom stereocenters. The Labute approximate surface area is 72.8 Å². The van der Waals surface area contributed by atoms with E-state index in [1.165, 1.54) is 7.11 Å². The summed E-state index contributed by atoms with van der Waals surface area (Å²) in [5.41, 5.74) is 0. The summed E-state index contributed by atoms with van der Waals surface area (Å²) < 4.78 is 14.7. The Bertz CT molecular complexity index is 135. The minimum atomic E-state index is -0.573. The van der Waals surface area contributed by atoms with E-state index < -0.39 is 6.10 Å². The molecule has 0 rings (SSSR count). The number of ether oxygens (including phenoxy) is 3. The number of rotatable bonds is 5. The first kappa shape index (κ1) is 11.4. The highest BCUT2D eigenvalue weighted by atomic mass is 16.7. The quantitative estimate of drug-likeness (QED) is 0.462. The minimum Gasteiger partial charge on any atom is -0.467 e. The molecule has 0 aromatic rings. The van der Waals surface area contributed by atoms with Crippen LogP contribution >= 0.6 is 0 Å². The van der Waals surface area contributed by atoms with Crippen molar-refractivity contribution >= 4 is 5.97 Å². The van der Waals surface area contributed by atoms with Gasteiger partial charge in [0.1, 0.15) is 0 Å². The summed E-state index contributed by atoms with van der Waals surface area (Å²) in [6, 6.07) is 0. The number of hydrogen-bond acceptors (Lipinski definition) is 4. The fraction of sp³-hybridized carbons (Fsp3) is 0.875. The Morgan fingerprint density at radius 1 is 1.42 bits per heavy atom. The van der Waals surface area contributed by atoms with Crippen molar-refractivity contribution in [3.8, 4) is 0 Å². The molecule has 0 aliphatic rings. The first-order valence-electron chi connectivity index (χ1n) is 3.96. The van der Waals surface area contributed by atoms with Crippen molar-refractivity contribution in [1.29, 1.82) is 0 Å². The Kier molecular flexibility index (Phi) is 5.66. The zero-order valence-electron chi connectivity index (χ0n) is 7.99. The van der Waals surface area contributed by atoms with Crippen LogP contribution < -0.4 is 0 Å². The number of hydrogen-bond donors (Lipinski definition) is 0. The highest BCUT2D eigenvalue weighted by Gasteiger charge is 2.16. The number of esters is 1. The molecule has 0 fully saturated rings. The predicted octanol–water partition coefficient (Wildman–Crippen LogP) is 0.947. The molecule has 0 aliphatic carbocycles. The third-order valence-corrected chi connectivity index (χ3v) is 1.33. The zero-order chi connectivity index (χ0) is 9.56. The van der Waals surface area contributed by atoms with Gasteiger partial charge in [-0.3, -0.25) is 0 Å². The van der Waals surface area contributed by atoms with E-state index in [1.807, 2.05) is 6.92 Å². The molecule has 0 amide bonds. The Balaban J connectivity index is 3.67. The van der Waals surface area contributed by atoms with Crippen LogP contribution in [0.1, 0.15) is 20.8 Å². The maximum absolute atomic E-state index is 10.8. The molecule has 0 bridgehead atoms. The summed E-state index contributed by atoms with van der Waals surface area (Å²) in [5, 5.41) is 0. The maximum atomic E-state index is 10.8. The molecule has 4 nitrogen and oxygen atoms in total. The fourth-order valence-corrected chi connectivity index (χ4v) is 0.783. The lowest BCUT2D eigenvalue weighted by molar-refractivity contribution is -0.182. The van der Waals surface area contributed by atoms with Gasteiger partial charge >= 0.3 is 5.97 Å². The van der Waals surface area contributed by atoms with Crippen molar-refractivity contribution < 1.29 is 19.0 Å². The van der Waals surface area contributed by atoms with E-state index in [4.69, 9.17) is 9.47 Å². The van der Waals surface area contributed by atoms with Crippen molar-refractivity contribution in [2.75, 3.05) is 13.7 Å². The Morgan fingerprint density at radius 2 is 2.00 bits per heavy atom. The number of methoxy groups -OCH3 is 1. The molecule has 12 heavy (non-hydrogen) atoms. The smallest absolute Gasteiger partial charge is 0.334 e. The van der Waals surface area contributed by atoms with Crippen LogP contribution in [-0.4, -0.2) is 32.1 Å². The molecule has 0 aromatic carbocycles. The third-order valence-electron chi connectivity index (χ3n) is 1.33. The van der Waals surface area contributed by atoms with E-state index in [0.717, 1.165) is 0 Å². The van der Waals surface area contributed by atoms with Gasteiger partial charge in [-0.25, -0.2) is 4.79 Å². The van der Waals surface area contributed by atoms with Crippen molar-refractivity contribution in [3.05, 3.63) is 0 Å². The molecule has 0 heterocycles. The van der Waals surface area contributed by atoms with E-state index in [9.17, 15) is 4.79 Å². The molecule has 0 saturated heterocycles. The molecule has 0 spiro atoms. The van der Waals surface area contributed by atoms with Crippen molar-refractivity contribution in [2.24, 2.45) is 0 Å². The van der Waals surface area contributed by atoms with Gasteiger partial charge < -0.3 is 14.2 Å². The molecule has 0 saturated carbocycles. The molecule has 0 aromatic heterocycles. The lowest BCUT2D eigenvalue weighted by atomic mass is 10.4. The molecule has 0 radical (unpaired) electrons. The minimum absolute atomic E-state index is 0.371. The number of carbonyl (C=O) groups excluding carboxylic acids is 1. The second kappa shape index (κ2) is 5.97. The van der Waals surface area contributed by atoms with Gasteiger partial charge in [0.2, 0.25) is 0 Å². The van der Waals surface area contributed by atoms with Crippen molar-refractivity contribution in [3.63, 3.8) is 0 Å². The van der Waals surface area contributed by atoms with Crippen LogP contribution in [-0.2, 0) is 19.0 Å². The summed E-state index contributed by atoms with van der Waals surface area (Å²) in [7, 11) is 1.33.